The topological polar surface area (TPSA) is 65.5 Å². The highest BCUT2D eigenvalue weighted by atomic mass is 19.1. The number of hydrogen-bond acceptors (Lipinski definition) is 5. The van der Waals surface area contributed by atoms with Crippen molar-refractivity contribution in [3.8, 4) is 11.1 Å². The third-order valence-corrected chi connectivity index (χ3v) is 8.99. The first-order valence-electron chi connectivity index (χ1n) is 14.2. The monoisotopic (exact) mass is 519 g/mol. The minimum atomic E-state index is -0.260. The lowest BCUT2D eigenvalue weighted by Crippen LogP contribution is -2.44. The molecule has 1 aliphatic heterocycles. The average Bonchev–Trinajstić information content (AvgIpc) is 3.19. The number of pyridine rings is 1. The Balaban J connectivity index is 1.28. The van der Waals surface area contributed by atoms with Crippen LogP contribution in [0.3, 0.4) is 0 Å². The van der Waals surface area contributed by atoms with Gasteiger partial charge in [-0.25, -0.2) is 4.39 Å². The smallest absolute Gasteiger partial charge is 0.309 e. The summed E-state index contributed by atoms with van der Waals surface area (Å²) in [5.74, 6) is 1.64. The van der Waals surface area contributed by atoms with Crippen molar-refractivity contribution in [3.63, 3.8) is 0 Å². The highest BCUT2D eigenvalue weighted by Gasteiger charge is 2.54. The maximum atomic E-state index is 13.6. The van der Waals surface area contributed by atoms with Gasteiger partial charge in [0, 0.05) is 24.1 Å². The lowest BCUT2D eigenvalue weighted by Gasteiger charge is -2.47. The first kappa shape index (κ1) is 26.6. The number of rotatable bonds is 8. The van der Waals surface area contributed by atoms with Crippen molar-refractivity contribution in [2.45, 2.75) is 64.9 Å². The predicted molar refractivity (Wildman–Crippen MR) is 144 cm³/mol. The fraction of sp³-hybridized carbons (Fsp3) is 0.531. The van der Waals surface area contributed by atoms with E-state index in [1.165, 1.54) is 12.1 Å². The average molecular weight is 520 g/mol. The van der Waals surface area contributed by atoms with Crippen LogP contribution in [-0.4, -0.2) is 29.6 Å². The number of allylic oxidation sites excluding steroid dienone is 1. The number of fused-ring (bicyclic) bond motifs is 2. The summed E-state index contributed by atoms with van der Waals surface area (Å²) in [6.45, 7) is 4.31. The number of carbonyl (C=O) groups excluding carboxylic acids is 2. The van der Waals surface area contributed by atoms with Crippen LogP contribution in [0.1, 0.15) is 64.5 Å². The fourth-order valence-electron chi connectivity index (χ4n) is 7.30. The lowest BCUT2D eigenvalue weighted by atomic mass is 9.56. The quantitative estimate of drug-likeness (QED) is 0.356. The number of benzene rings is 1. The minimum Gasteiger partial charge on any atom is -0.466 e. The molecular weight excluding hydrogens is 481 g/mol. The van der Waals surface area contributed by atoms with Crippen LogP contribution in [0.15, 0.2) is 48.7 Å². The molecule has 5 rings (SSSR count). The maximum Gasteiger partial charge on any atom is 0.309 e. The highest BCUT2D eigenvalue weighted by molar-refractivity contribution is 5.75. The van der Waals surface area contributed by atoms with E-state index in [0.29, 0.717) is 30.8 Å². The summed E-state index contributed by atoms with van der Waals surface area (Å²) in [5, 5.41) is 0. The van der Waals surface area contributed by atoms with Crippen molar-refractivity contribution in [3.05, 3.63) is 60.2 Å². The molecule has 0 bridgehead atoms. The largest absolute Gasteiger partial charge is 0.466 e. The van der Waals surface area contributed by atoms with E-state index in [2.05, 4.69) is 17.1 Å². The Hall–Kier alpha value is -3.02. The maximum absolute atomic E-state index is 13.6. The fourth-order valence-corrected chi connectivity index (χ4v) is 7.30. The normalized spacial score (nSPS) is 30.5. The number of aromatic nitrogens is 1. The Morgan fingerprint density at radius 1 is 1.18 bits per heavy atom. The van der Waals surface area contributed by atoms with Crippen LogP contribution in [-0.2, 0) is 19.1 Å². The molecule has 38 heavy (non-hydrogen) atoms. The van der Waals surface area contributed by atoms with Crippen LogP contribution in [0.2, 0.25) is 0 Å². The molecule has 6 heteroatoms. The molecule has 1 saturated heterocycles. The van der Waals surface area contributed by atoms with Crippen LogP contribution in [0.5, 0.6) is 0 Å². The molecule has 0 unspecified atom stereocenters. The van der Waals surface area contributed by atoms with Gasteiger partial charge in [-0.2, -0.15) is 0 Å². The van der Waals surface area contributed by atoms with Crippen molar-refractivity contribution in [2.75, 3.05) is 6.61 Å². The molecule has 0 N–H and O–H groups in total. The van der Waals surface area contributed by atoms with E-state index in [0.717, 1.165) is 55.3 Å². The van der Waals surface area contributed by atoms with E-state index in [1.807, 2.05) is 32.0 Å². The highest BCUT2D eigenvalue weighted by Crippen LogP contribution is 2.55. The van der Waals surface area contributed by atoms with Gasteiger partial charge in [-0.1, -0.05) is 30.7 Å². The molecule has 7 atom stereocenters. The van der Waals surface area contributed by atoms with Crippen molar-refractivity contribution in [2.24, 2.45) is 35.5 Å². The first-order chi connectivity index (χ1) is 18.4. The summed E-state index contributed by atoms with van der Waals surface area (Å²) in [6.07, 6.45) is 12.8. The van der Waals surface area contributed by atoms with Gasteiger partial charge in [0.2, 0.25) is 0 Å². The third kappa shape index (κ3) is 5.84. The van der Waals surface area contributed by atoms with Crippen LogP contribution >= 0.6 is 0 Å². The third-order valence-electron chi connectivity index (χ3n) is 8.99. The van der Waals surface area contributed by atoms with Crippen LogP contribution in [0.4, 0.5) is 4.39 Å². The van der Waals surface area contributed by atoms with Gasteiger partial charge in [0.05, 0.1) is 18.2 Å². The summed E-state index contributed by atoms with van der Waals surface area (Å²) < 4.78 is 24.4. The summed E-state index contributed by atoms with van der Waals surface area (Å²) in [7, 11) is 0. The van der Waals surface area contributed by atoms with Gasteiger partial charge >= 0.3 is 11.9 Å². The van der Waals surface area contributed by atoms with Gasteiger partial charge in [-0.3, -0.25) is 14.6 Å². The standard InChI is InChI=1S/C32H38FNO4/c1-3-37-30(35)9-4-6-21-10-14-27-24(16-21)18-29-31(20(2)38-32(29)36)28(27)15-13-26-12-11-23(19-34-26)22-7-5-8-25(33)17-22/h5,7-8,11-13,15,17,19-21,24,27-29,31H,3-4,6,9-10,14,16,18H2,1-2H3/b15-13+/t20-,21-,24+,27-,28+,29+,31-/m1/s1. The zero-order valence-electron chi connectivity index (χ0n) is 22.4. The Kier molecular flexibility index (Phi) is 8.25. The summed E-state index contributed by atoms with van der Waals surface area (Å²) in [6, 6.07) is 10.5. The summed E-state index contributed by atoms with van der Waals surface area (Å²) in [5.41, 5.74) is 2.54. The van der Waals surface area contributed by atoms with Gasteiger partial charge in [0.25, 0.3) is 0 Å². The number of hydrogen-bond donors (Lipinski definition) is 0. The van der Waals surface area contributed by atoms with Crippen LogP contribution in [0.25, 0.3) is 17.2 Å². The van der Waals surface area contributed by atoms with Crippen molar-refractivity contribution >= 4 is 18.0 Å². The molecule has 2 heterocycles. The van der Waals surface area contributed by atoms with Crippen molar-refractivity contribution in [1.82, 2.24) is 4.98 Å². The van der Waals surface area contributed by atoms with E-state index >= 15 is 0 Å². The molecule has 3 fully saturated rings. The molecule has 2 saturated carbocycles. The van der Waals surface area contributed by atoms with E-state index < -0.39 is 0 Å². The molecule has 2 aliphatic carbocycles. The van der Waals surface area contributed by atoms with E-state index in [9.17, 15) is 14.0 Å². The van der Waals surface area contributed by atoms with Gasteiger partial charge in [-0.05, 0) is 99.5 Å². The number of ether oxygens (including phenoxy) is 2. The summed E-state index contributed by atoms with van der Waals surface area (Å²) >= 11 is 0. The van der Waals surface area contributed by atoms with Crippen molar-refractivity contribution in [1.29, 1.82) is 0 Å². The zero-order valence-corrected chi connectivity index (χ0v) is 22.4. The van der Waals surface area contributed by atoms with Gasteiger partial charge in [0.15, 0.2) is 0 Å². The Labute approximate surface area is 224 Å². The molecule has 0 spiro atoms. The van der Waals surface area contributed by atoms with Gasteiger partial charge in [0.1, 0.15) is 11.9 Å². The molecule has 2 aromatic rings. The molecule has 1 aromatic carbocycles. The number of halogens is 1. The van der Waals surface area contributed by atoms with Crippen molar-refractivity contribution < 1.29 is 23.5 Å². The van der Waals surface area contributed by atoms with Gasteiger partial charge in [-0.15, -0.1) is 0 Å². The molecule has 3 aliphatic rings. The molecule has 0 radical (unpaired) electrons. The Morgan fingerprint density at radius 2 is 2.05 bits per heavy atom. The molecule has 5 nitrogen and oxygen atoms in total. The van der Waals surface area contributed by atoms with Gasteiger partial charge < -0.3 is 9.47 Å². The molecule has 1 aromatic heterocycles. The number of nitrogens with zero attached hydrogens (tertiary/aromatic N) is 1. The Morgan fingerprint density at radius 3 is 2.82 bits per heavy atom. The lowest BCUT2D eigenvalue weighted by molar-refractivity contribution is -0.145. The second kappa shape index (κ2) is 11.8. The zero-order chi connectivity index (χ0) is 26.6. The van der Waals surface area contributed by atoms with E-state index in [1.54, 1.807) is 12.3 Å². The van der Waals surface area contributed by atoms with Crippen LogP contribution in [0, 0.1) is 41.3 Å². The SMILES string of the molecule is CCOC(=O)CCC[C@@H]1CC[C@@H]2[C@@H](C1)C[C@@H]1C(=O)O[C@H](C)[C@@H]1[C@H]2/C=C/c1ccc(-c2cccc(F)c2)cn1. The van der Waals surface area contributed by atoms with E-state index in [-0.39, 0.29) is 41.6 Å². The molecule has 202 valence electrons. The number of esters is 2. The van der Waals surface area contributed by atoms with E-state index in [4.69, 9.17) is 9.47 Å². The number of carbonyl (C=O) groups is 2. The summed E-state index contributed by atoms with van der Waals surface area (Å²) in [4.78, 5) is 29.1. The molecular formula is C32H38FNO4. The van der Waals surface area contributed by atoms with Crippen LogP contribution < -0.4 is 0 Å². The first-order valence-corrected chi connectivity index (χ1v) is 14.2. The second-order valence-corrected chi connectivity index (χ2v) is 11.3. The second-order valence-electron chi connectivity index (χ2n) is 11.3. The Bertz CT molecular complexity index is 1160. The molecule has 0 amide bonds. The minimum absolute atomic E-state index is 0.0394. The number of cyclic esters (lactones) is 1. The predicted octanol–water partition coefficient (Wildman–Crippen LogP) is 6.86.